The lowest BCUT2D eigenvalue weighted by Crippen LogP contribution is -2.17. The van der Waals surface area contributed by atoms with Crippen molar-refractivity contribution in [3.63, 3.8) is 0 Å². The zero-order valence-electron chi connectivity index (χ0n) is 11.2. The summed E-state index contributed by atoms with van der Waals surface area (Å²) in [6.45, 7) is 0. The summed E-state index contributed by atoms with van der Waals surface area (Å²) in [5, 5.41) is 13.3. The molecular weight excluding hydrogens is 462 g/mol. The largest absolute Gasteiger partial charge is 0.508 e. The van der Waals surface area contributed by atoms with Gasteiger partial charge in [0.2, 0.25) is 0 Å². The Morgan fingerprint density at radius 3 is 2.48 bits per heavy atom. The van der Waals surface area contributed by atoms with E-state index in [9.17, 15) is 5.11 Å². The van der Waals surface area contributed by atoms with Gasteiger partial charge in [0.05, 0.1) is 11.7 Å². The van der Waals surface area contributed by atoms with Gasteiger partial charge in [-0.2, -0.15) is 0 Å². The summed E-state index contributed by atoms with van der Waals surface area (Å²) >= 11 is 10.7. The molecule has 0 bridgehead atoms. The second-order valence-electron chi connectivity index (χ2n) is 5.22. The molecular formula is C16H14Br3NO. The molecule has 2 aromatic rings. The van der Waals surface area contributed by atoms with E-state index in [2.05, 4.69) is 53.1 Å². The molecule has 0 fully saturated rings. The van der Waals surface area contributed by atoms with Crippen LogP contribution < -0.4 is 5.32 Å². The maximum absolute atomic E-state index is 9.64. The van der Waals surface area contributed by atoms with Crippen LogP contribution in [0.15, 0.2) is 43.7 Å². The van der Waals surface area contributed by atoms with Gasteiger partial charge in [0.1, 0.15) is 5.75 Å². The van der Waals surface area contributed by atoms with Crippen LogP contribution in [0.2, 0.25) is 0 Å². The lowest BCUT2D eigenvalue weighted by atomic mass is 9.87. The molecule has 3 rings (SSSR count). The van der Waals surface area contributed by atoms with Gasteiger partial charge in [-0.3, -0.25) is 0 Å². The minimum atomic E-state index is 0.267. The van der Waals surface area contributed by atoms with Crippen LogP contribution in [0.25, 0.3) is 0 Å². The molecule has 21 heavy (non-hydrogen) atoms. The summed E-state index contributed by atoms with van der Waals surface area (Å²) in [4.78, 5) is 0. The Morgan fingerprint density at radius 2 is 1.76 bits per heavy atom. The van der Waals surface area contributed by atoms with Gasteiger partial charge in [0.15, 0.2) is 0 Å². The Bertz CT molecular complexity index is 664. The molecule has 2 aromatic carbocycles. The fourth-order valence-corrected chi connectivity index (χ4v) is 5.29. The normalized spacial score (nSPS) is 17.4. The third-order valence-corrected chi connectivity index (χ3v) is 5.48. The minimum absolute atomic E-state index is 0.267. The van der Waals surface area contributed by atoms with Crippen molar-refractivity contribution >= 4 is 53.5 Å². The molecule has 1 atom stereocenters. The van der Waals surface area contributed by atoms with Crippen molar-refractivity contribution in [1.82, 2.24) is 0 Å². The van der Waals surface area contributed by atoms with E-state index in [0.29, 0.717) is 5.75 Å². The number of phenols is 1. The minimum Gasteiger partial charge on any atom is -0.508 e. The topological polar surface area (TPSA) is 32.3 Å². The maximum atomic E-state index is 9.64. The fraction of sp³-hybridized carbons (Fsp3) is 0.250. The van der Waals surface area contributed by atoms with E-state index in [4.69, 9.17) is 0 Å². The summed E-state index contributed by atoms with van der Waals surface area (Å²) in [7, 11) is 0. The average molecular weight is 476 g/mol. The quantitative estimate of drug-likeness (QED) is 0.544. The molecule has 0 saturated carbocycles. The first-order valence-corrected chi connectivity index (χ1v) is 9.15. The monoisotopic (exact) mass is 473 g/mol. The van der Waals surface area contributed by atoms with Gasteiger partial charge in [-0.25, -0.2) is 0 Å². The molecule has 110 valence electrons. The molecule has 0 spiro atoms. The van der Waals surface area contributed by atoms with Gasteiger partial charge < -0.3 is 10.4 Å². The molecule has 0 saturated heterocycles. The van der Waals surface area contributed by atoms with Gasteiger partial charge >= 0.3 is 0 Å². The van der Waals surface area contributed by atoms with Crippen molar-refractivity contribution in [1.29, 1.82) is 0 Å². The van der Waals surface area contributed by atoms with E-state index < -0.39 is 0 Å². The maximum Gasteiger partial charge on any atom is 0.115 e. The van der Waals surface area contributed by atoms with Crippen molar-refractivity contribution in [2.24, 2.45) is 0 Å². The number of fused-ring (bicyclic) bond motifs is 1. The summed E-state index contributed by atoms with van der Waals surface area (Å²) in [5.74, 6) is 0.348. The van der Waals surface area contributed by atoms with E-state index in [0.717, 1.165) is 38.4 Å². The van der Waals surface area contributed by atoms with Crippen LogP contribution in [0.3, 0.4) is 0 Å². The van der Waals surface area contributed by atoms with Crippen LogP contribution in [0, 0.1) is 0 Å². The number of rotatable bonds is 2. The average Bonchev–Trinajstić information content (AvgIpc) is 2.42. The third kappa shape index (κ3) is 3.30. The second-order valence-corrected chi connectivity index (χ2v) is 7.84. The first-order valence-electron chi connectivity index (χ1n) is 6.77. The molecule has 0 heterocycles. The van der Waals surface area contributed by atoms with Crippen LogP contribution in [0.4, 0.5) is 5.69 Å². The number of halogens is 3. The molecule has 0 aromatic heterocycles. The number of benzene rings is 2. The Kier molecular flexibility index (Phi) is 4.62. The third-order valence-electron chi connectivity index (χ3n) is 3.77. The molecule has 1 aliphatic carbocycles. The number of nitrogens with one attached hydrogen (secondary N) is 1. The highest BCUT2D eigenvalue weighted by Gasteiger charge is 2.22. The number of aryl methyl sites for hydroxylation is 1. The van der Waals surface area contributed by atoms with E-state index in [1.54, 1.807) is 6.07 Å². The number of aromatic hydroxyl groups is 1. The zero-order chi connectivity index (χ0) is 15.0. The zero-order valence-corrected chi connectivity index (χ0v) is 15.9. The Labute approximate surface area is 149 Å². The molecule has 2 N–H and O–H groups in total. The van der Waals surface area contributed by atoms with Crippen molar-refractivity contribution in [2.45, 2.75) is 25.3 Å². The highest BCUT2D eigenvalue weighted by Crippen LogP contribution is 2.40. The predicted octanol–water partition coefficient (Wildman–Crippen LogP) is 6.17. The van der Waals surface area contributed by atoms with Crippen molar-refractivity contribution in [2.75, 3.05) is 5.32 Å². The van der Waals surface area contributed by atoms with Crippen molar-refractivity contribution in [3.05, 3.63) is 54.9 Å². The van der Waals surface area contributed by atoms with E-state index >= 15 is 0 Å². The molecule has 0 amide bonds. The highest BCUT2D eigenvalue weighted by molar-refractivity contribution is 9.11. The second kappa shape index (κ2) is 6.31. The highest BCUT2D eigenvalue weighted by atomic mass is 79.9. The van der Waals surface area contributed by atoms with Gasteiger partial charge in [-0.05, 0) is 86.5 Å². The molecule has 0 aliphatic heterocycles. The van der Waals surface area contributed by atoms with Crippen molar-refractivity contribution < 1.29 is 5.11 Å². The van der Waals surface area contributed by atoms with E-state index in [-0.39, 0.29) is 6.04 Å². The van der Waals surface area contributed by atoms with E-state index in [1.807, 2.05) is 24.3 Å². The number of anilines is 1. The number of hydrogen-bond donors (Lipinski definition) is 2. The Hall–Kier alpha value is -0.520. The summed E-state index contributed by atoms with van der Waals surface area (Å²) < 4.78 is 3.07. The molecule has 5 heteroatoms. The fourth-order valence-electron chi connectivity index (χ4n) is 2.80. The Balaban J connectivity index is 1.94. The lowest BCUT2D eigenvalue weighted by Gasteiger charge is -2.28. The number of hydrogen-bond acceptors (Lipinski definition) is 2. The van der Waals surface area contributed by atoms with Gasteiger partial charge in [0, 0.05) is 13.4 Å². The van der Waals surface area contributed by atoms with Crippen LogP contribution in [-0.4, -0.2) is 5.11 Å². The van der Waals surface area contributed by atoms with Crippen LogP contribution in [-0.2, 0) is 6.42 Å². The van der Waals surface area contributed by atoms with Gasteiger partial charge in [-0.1, -0.05) is 22.0 Å². The molecule has 1 aliphatic rings. The summed E-state index contributed by atoms with van der Waals surface area (Å²) in [5.41, 5.74) is 3.58. The van der Waals surface area contributed by atoms with Crippen LogP contribution in [0.5, 0.6) is 5.75 Å². The lowest BCUT2D eigenvalue weighted by molar-refractivity contribution is 0.472. The summed E-state index contributed by atoms with van der Waals surface area (Å²) in [6, 6.07) is 10.0. The van der Waals surface area contributed by atoms with Crippen LogP contribution in [0.1, 0.15) is 30.0 Å². The number of phenolic OH excluding ortho intramolecular Hbond substituents is 1. The first-order chi connectivity index (χ1) is 10.0. The molecule has 0 radical (unpaired) electrons. The van der Waals surface area contributed by atoms with Gasteiger partial charge in [0.25, 0.3) is 0 Å². The molecule has 2 nitrogen and oxygen atoms in total. The predicted molar refractivity (Wildman–Crippen MR) is 97.0 cm³/mol. The SMILES string of the molecule is Oc1ccc2c(c1)CCCC2Nc1c(Br)cc(Br)cc1Br. The molecule has 1 unspecified atom stereocenters. The standard InChI is InChI=1S/C16H14Br3NO/c17-10-7-13(18)16(14(19)8-10)20-15-3-1-2-9-6-11(21)4-5-12(9)15/h4-8,15,20-21H,1-3H2. The summed E-state index contributed by atoms with van der Waals surface area (Å²) in [6.07, 6.45) is 3.25. The van der Waals surface area contributed by atoms with E-state index in [1.165, 1.54) is 11.1 Å². The smallest absolute Gasteiger partial charge is 0.115 e. The van der Waals surface area contributed by atoms with Crippen molar-refractivity contribution in [3.8, 4) is 5.75 Å². The first kappa shape index (κ1) is 15.4. The Morgan fingerprint density at radius 1 is 1.05 bits per heavy atom. The van der Waals surface area contributed by atoms with Crippen LogP contribution >= 0.6 is 47.8 Å². The van der Waals surface area contributed by atoms with Gasteiger partial charge in [-0.15, -0.1) is 0 Å².